The lowest BCUT2D eigenvalue weighted by atomic mass is 10.0. The summed E-state index contributed by atoms with van der Waals surface area (Å²) in [6, 6.07) is 16.3. The van der Waals surface area contributed by atoms with Crippen LogP contribution < -0.4 is 10.6 Å². The van der Waals surface area contributed by atoms with Gasteiger partial charge in [-0.15, -0.1) is 0 Å². The highest BCUT2D eigenvalue weighted by Crippen LogP contribution is 2.31. The van der Waals surface area contributed by atoms with Crippen molar-refractivity contribution in [3.63, 3.8) is 0 Å². The molecule has 1 aliphatic rings. The summed E-state index contributed by atoms with van der Waals surface area (Å²) in [4.78, 5) is 12.0. The van der Waals surface area contributed by atoms with Gasteiger partial charge in [0.2, 0.25) is 5.91 Å². The predicted molar refractivity (Wildman–Crippen MR) is 85.3 cm³/mol. The highest BCUT2D eigenvalue weighted by atomic mass is 16.2. The number of carbonyl (C=O) groups excluding carboxylic acids is 1. The van der Waals surface area contributed by atoms with Crippen LogP contribution in [0.3, 0.4) is 0 Å². The summed E-state index contributed by atoms with van der Waals surface area (Å²) in [5, 5.41) is 6.30. The molecule has 0 fully saturated rings. The molecule has 0 saturated carbocycles. The summed E-state index contributed by atoms with van der Waals surface area (Å²) >= 11 is 0. The van der Waals surface area contributed by atoms with Gasteiger partial charge in [-0.2, -0.15) is 0 Å². The van der Waals surface area contributed by atoms with Gasteiger partial charge in [0.25, 0.3) is 0 Å². The second-order valence-corrected chi connectivity index (χ2v) is 5.56. The van der Waals surface area contributed by atoms with E-state index in [1.807, 2.05) is 18.2 Å². The molecule has 0 bridgehead atoms. The molecule has 1 atom stereocenters. The van der Waals surface area contributed by atoms with Crippen molar-refractivity contribution in [2.24, 2.45) is 0 Å². The molecule has 0 aliphatic carbocycles. The molecule has 108 valence electrons. The van der Waals surface area contributed by atoms with E-state index in [0.717, 1.165) is 30.6 Å². The highest BCUT2D eigenvalue weighted by molar-refractivity contribution is 6.02. The highest BCUT2D eigenvalue weighted by Gasteiger charge is 2.29. The van der Waals surface area contributed by atoms with Crippen LogP contribution in [-0.4, -0.2) is 12.5 Å². The van der Waals surface area contributed by atoms with E-state index in [9.17, 15) is 4.79 Å². The van der Waals surface area contributed by atoms with Crippen LogP contribution in [-0.2, 0) is 11.2 Å². The number of nitrogens with one attached hydrogen (secondary N) is 2. The number of benzene rings is 2. The van der Waals surface area contributed by atoms with Gasteiger partial charge in [0, 0.05) is 11.3 Å². The maximum absolute atomic E-state index is 12.0. The fourth-order valence-corrected chi connectivity index (χ4v) is 2.77. The molecule has 1 amide bonds. The van der Waals surface area contributed by atoms with Gasteiger partial charge in [0.15, 0.2) is 0 Å². The Bertz CT molecular complexity index is 637. The number of aryl methyl sites for hydroxylation is 2. The Morgan fingerprint density at radius 3 is 2.76 bits per heavy atom. The Kier molecular flexibility index (Phi) is 4.02. The number of rotatable bonds is 5. The van der Waals surface area contributed by atoms with Crippen molar-refractivity contribution in [2.75, 3.05) is 11.9 Å². The van der Waals surface area contributed by atoms with Crippen molar-refractivity contribution in [1.29, 1.82) is 0 Å². The smallest absolute Gasteiger partial charge is 0.246 e. The van der Waals surface area contributed by atoms with E-state index in [1.165, 1.54) is 11.1 Å². The third-order valence-corrected chi connectivity index (χ3v) is 3.87. The third-order valence-electron chi connectivity index (χ3n) is 3.87. The fraction of sp³-hybridized carbons (Fsp3) is 0.278. The van der Waals surface area contributed by atoms with E-state index in [-0.39, 0.29) is 11.9 Å². The molecule has 0 saturated heterocycles. The summed E-state index contributed by atoms with van der Waals surface area (Å²) in [6.07, 6.45) is 2.05. The molecular formula is C18H20N2O. The number of carbonyl (C=O) groups is 1. The lowest BCUT2D eigenvalue weighted by molar-refractivity contribution is -0.117. The molecule has 2 N–H and O–H groups in total. The van der Waals surface area contributed by atoms with Gasteiger partial charge in [-0.1, -0.05) is 48.0 Å². The molecule has 3 heteroatoms. The third kappa shape index (κ3) is 3.14. The van der Waals surface area contributed by atoms with E-state index >= 15 is 0 Å². The molecule has 2 aromatic rings. The number of hydrogen-bond acceptors (Lipinski definition) is 2. The van der Waals surface area contributed by atoms with Crippen LogP contribution in [0.5, 0.6) is 0 Å². The van der Waals surface area contributed by atoms with E-state index < -0.39 is 0 Å². The van der Waals surface area contributed by atoms with Gasteiger partial charge in [-0.05, 0) is 37.9 Å². The van der Waals surface area contributed by atoms with Gasteiger partial charge in [0.1, 0.15) is 6.04 Å². The molecule has 0 aromatic heterocycles. The first-order chi connectivity index (χ1) is 10.2. The van der Waals surface area contributed by atoms with Gasteiger partial charge in [0.05, 0.1) is 0 Å². The number of hydrogen-bond donors (Lipinski definition) is 2. The van der Waals surface area contributed by atoms with Crippen molar-refractivity contribution < 1.29 is 4.79 Å². The van der Waals surface area contributed by atoms with Crippen LogP contribution in [0.15, 0.2) is 48.5 Å². The molecule has 1 aliphatic heterocycles. The van der Waals surface area contributed by atoms with Gasteiger partial charge in [-0.3, -0.25) is 4.79 Å². The lowest BCUT2D eigenvalue weighted by Crippen LogP contribution is -2.28. The van der Waals surface area contributed by atoms with Gasteiger partial charge < -0.3 is 10.6 Å². The van der Waals surface area contributed by atoms with E-state index in [2.05, 4.69) is 47.9 Å². The molecule has 0 radical (unpaired) electrons. The van der Waals surface area contributed by atoms with Crippen molar-refractivity contribution >= 4 is 11.6 Å². The van der Waals surface area contributed by atoms with Crippen LogP contribution in [0.2, 0.25) is 0 Å². The van der Waals surface area contributed by atoms with Crippen LogP contribution in [0.4, 0.5) is 5.69 Å². The standard InChI is InChI=1S/C18H20N2O/c1-13-9-10-16-15(12-13)17(18(21)20-16)19-11-5-8-14-6-3-2-4-7-14/h2-4,6-7,9-10,12,17,19H,5,8,11H2,1H3,(H,20,21). The lowest BCUT2D eigenvalue weighted by Gasteiger charge is -2.11. The van der Waals surface area contributed by atoms with Gasteiger partial charge in [-0.25, -0.2) is 0 Å². The largest absolute Gasteiger partial charge is 0.324 e. The van der Waals surface area contributed by atoms with Crippen molar-refractivity contribution in [1.82, 2.24) is 5.32 Å². The van der Waals surface area contributed by atoms with E-state index in [4.69, 9.17) is 0 Å². The summed E-state index contributed by atoms with van der Waals surface area (Å²) in [5.74, 6) is 0.0512. The van der Waals surface area contributed by atoms with Crippen molar-refractivity contribution in [3.05, 3.63) is 65.2 Å². The first-order valence-electron chi connectivity index (χ1n) is 7.43. The average Bonchev–Trinajstić information content (AvgIpc) is 2.80. The molecule has 1 heterocycles. The Balaban J connectivity index is 1.56. The summed E-state index contributed by atoms with van der Waals surface area (Å²) in [7, 11) is 0. The first-order valence-corrected chi connectivity index (χ1v) is 7.43. The SMILES string of the molecule is Cc1ccc2c(c1)C(NCCCc1ccccc1)C(=O)N2. The van der Waals surface area contributed by atoms with Gasteiger partial charge >= 0.3 is 0 Å². The predicted octanol–water partition coefficient (Wildman–Crippen LogP) is 3.21. The minimum atomic E-state index is -0.212. The maximum atomic E-state index is 12.0. The van der Waals surface area contributed by atoms with Crippen LogP contribution in [0, 0.1) is 6.92 Å². The topological polar surface area (TPSA) is 41.1 Å². The normalized spacial score (nSPS) is 16.6. The quantitative estimate of drug-likeness (QED) is 0.826. The Hall–Kier alpha value is -2.13. The zero-order chi connectivity index (χ0) is 14.7. The second-order valence-electron chi connectivity index (χ2n) is 5.56. The van der Waals surface area contributed by atoms with Crippen LogP contribution >= 0.6 is 0 Å². The summed E-state index contributed by atoms with van der Waals surface area (Å²) in [5.41, 5.74) is 4.53. The maximum Gasteiger partial charge on any atom is 0.246 e. The molecular weight excluding hydrogens is 260 g/mol. The molecule has 21 heavy (non-hydrogen) atoms. The Labute approximate surface area is 125 Å². The van der Waals surface area contributed by atoms with Crippen LogP contribution in [0.1, 0.15) is 29.2 Å². The second kappa shape index (κ2) is 6.10. The Morgan fingerprint density at radius 2 is 1.95 bits per heavy atom. The number of amides is 1. The Morgan fingerprint density at radius 1 is 1.14 bits per heavy atom. The molecule has 2 aromatic carbocycles. The minimum absolute atomic E-state index is 0.0512. The summed E-state index contributed by atoms with van der Waals surface area (Å²) < 4.78 is 0. The monoisotopic (exact) mass is 280 g/mol. The first kappa shape index (κ1) is 13.8. The van der Waals surface area contributed by atoms with Crippen molar-refractivity contribution in [3.8, 4) is 0 Å². The molecule has 3 rings (SSSR count). The number of anilines is 1. The molecule has 3 nitrogen and oxygen atoms in total. The van der Waals surface area contributed by atoms with Crippen LogP contribution in [0.25, 0.3) is 0 Å². The van der Waals surface area contributed by atoms with E-state index in [0.29, 0.717) is 0 Å². The average molecular weight is 280 g/mol. The summed E-state index contributed by atoms with van der Waals surface area (Å²) in [6.45, 7) is 2.88. The van der Waals surface area contributed by atoms with Crippen molar-refractivity contribution in [2.45, 2.75) is 25.8 Å². The zero-order valence-corrected chi connectivity index (χ0v) is 12.2. The molecule has 0 spiro atoms. The molecule has 1 unspecified atom stereocenters. The zero-order valence-electron chi connectivity index (χ0n) is 12.2. The minimum Gasteiger partial charge on any atom is -0.324 e. The fourth-order valence-electron chi connectivity index (χ4n) is 2.77. The van der Waals surface area contributed by atoms with E-state index in [1.54, 1.807) is 0 Å². The number of fused-ring (bicyclic) bond motifs is 1.